The highest BCUT2D eigenvalue weighted by atomic mass is 16.6. The van der Waals surface area contributed by atoms with E-state index in [-0.39, 0.29) is 0 Å². The highest BCUT2D eigenvalue weighted by Crippen LogP contribution is 2.31. The molecule has 1 aromatic heterocycles. The van der Waals surface area contributed by atoms with Gasteiger partial charge in [-0.2, -0.15) is 0 Å². The maximum absolute atomic E-state index is 5.70. The van der Waals surface area contributed by atoms with Crippen molar-refractivity contribution in [2.24, 2.45) is 7.05 Å². The van der Waals surface area contributed by atoms with Gasteiger partial charge in [0.1, 0.15) is 19.0 Å². The van der Waals surface area contributed by atoms with E-state index in [2.05, 4.69) is 45.5 Å². The molecule has 134 valence electrons. The predicted octanol–water partition coefficient (Wildman–Crippen LogP) is 1.90. The molecule has 1 atom stereocenters. The molecule has 0 amide bonds. The molecule has 0 saturated carbocycles. The van der Waals surface area contributed by atoms with E-state index in [1.165, 1.54) is 5.56 Å². The Morgan fingerprint density at radius 3 is 2.72 bits per heavy atom. The standard InChI is InChI=1S/C19H26N4O2/c1-15-12-22(7-8-23(15)14-19-20-5-6-21(19)2)13-16-3-4-17-18(11-16)25-10-9-24-17/h3-6,11,15H,7-10,12-14H2,1-2H3/t15-/m0/s1. The maximum atomic E-state index is 5.70. The van der Waals surface area contributed by atoms with Gasteiger partial charge in [0.2, 0.25) is 0 Å². The van der Waals surface area contributed by atoms with Crippen LogP contribution in [0.25, 0.3) is 0 Å². The van der Waals surface area contributed by atoms with Gasteiger partial charge in [-0.3, -0.25) is 9.80 Å². The fourth-order valence-corrected chi connectivity index (χ4v) is 3.62. The molecule has 1 saturated heterocycles. The largest absolute Gasteiger partial charge is 0.486 e. The lowest BCUT2D eigenvalue weighted by molar-refractivity contribution is 0.0706. The van der Waals surface area contributed by atoms with Gasteiger partial charge >= 0.3 is 0 Å². The third-order valence-corrected chi connectivity index (χ3v) is 5.13. The first-order chi connectivity index (χ1) is 12.2. The lowest BCUT2D eigenvalue weighted by atomic mass is 10.1. The minimum Gasteiger partial charge on any atom is -0.486 e. The Morgan fingerprint density at radius 1 is 1.12 bits per heavy atom. The molecule has 2 aliphatic rings. The van der Waals surface area contributed by atoms with E-state index in [9.17, 15) is 0 Å². The minimum absolute atomic E-state index is 0.516. The Bertz CT molecular complexity index is 730. The van der Waals surface area contributed by atoms with Crippen molar-refractivity contribution in [2.45, 2.75) is 26.1 Å². The second-order valence-corrected chi connectivity index (χ2v) is 6.99. The van der Waals surface area contributed by atoms with Crippen molar-refractivity contribution in [3.63, 3.8) is 0 Å². The molecule has 1 fully saturated rings. The second-order valence-electron chi connectivity index (χ2n) is 6.99. The maximum Gasteiger partial charge on any atom is 0.161 e. The fraction of sp³-hybridized carbons (Fsp3) is 0.526. The van der Waals surface area contributed by atoms with Crippen molar-refractivity contribution >= 4 is 0 Å². The van der Waals surface area contributed by atoms with Crippen LogP contribution < -0.4 is 9.47 Å². The van der Waals surface area contributed by atoms with Gasteiger partial charge in [0, 0.05) is 51.7 Å². The number of piperazine rings is 1. The summed E-state index contributed by atoms with van der Waals surface area (Å²) in [6.07, 6.45) is 3.89. The zero-order chi connectivity index (χ0) is 17.2. The van der Waals surface area contributed by atoms with Crippen molar-refractivity contribution < 1.29 is 9.47 Å². The normalized spacial score (nSPS) is 21.4. The van der Waals surface area contributed by atoms with Crippen molar-refractivity contribution in [1.29, 1.82) is 0 Å². The molecule has 2 aliphatic heterocycles. The number of imidazole rings is 1. The summed E-state index contributed by atoms with van der Waals surface area (Å²) < 4.78 is 13.4. The number of fused-ring (bicyclic) bond motifs is 1. The highest BCUT2D eigenvalue weighted by molar-refractivity contribution is 5.43. The number of nitrogens with zero attached hydrogens (tertiary/aromatic N) is 4. The zero-order valence-corrected chi connectivity index (χ0v) is 15.0. The number of aromatic nitrogens is 2. The third kappa shape index (κ3) is 3.65. The highest BCUT2D eigenvalue weighted by Gasteiger charge is 2.25. The van der Waals surface area contributed by atoms with E-state index >= 15 is 0 Å². The average molecular weight is 342 g/mol. The second kappa shape index (κ2) is 7.06. The number of ether oxygens (including phenoxy) is 2. The number of hydrogen-bond donors (Lipinski definition) is 0. The van der Waals surface area contributed by atoms with Crippen LogP contribution in [-0.4, -0.2) is 58.2 Å². The first kappa shape index (κ1) is 16.4. The van der Waals surface area contributed by atoms with Gasteiger partial charge in [-0.05, 0) is 24.6 Å². The molecule has 3 heterocycles. The molecular weight excluding hydrogens is 316 g/mol. The number of rotatable bonds is 4. The van der Waals surface area contributed by atoms with E-state index in [0.717, 1.165) is 50.0 Å². The van der Waals surface area contributed by atoms with Crippen molar-refractivity contribution in [2.75, 3.05) is 32.8 Å². The molecule has 2 aromatic rings. The summed E-state index contributed by atoms with van der Waals surface area (Å²) in [5.41, 5.74) is 1.29. The number of hydrogen-bond acceptors (Lipinski definition) is 5. The summed E-state index contributed by atoms with van der Waals surface area (Å²) in [5.74, 6) is 2.88. The summed E-state index contributed by atoms with van der Waals surface area (Å²) >= 11 is 0. The molecule has 1 aromatic carbocycles. The summed E-state index contributed by atoms with van der Waals surface area (Å²) in [6.45, 7) is 8.67. The molecular formula is C19H26N4O2. The average Bonchev–Trinajstić information content (AvgIpc) is 3.02. The third-order valence-electron chi connectivity index (χ3n) is 5.13. The van der Waals surface area contributed by atoms with Crippen LogP contribution in [0.1, 0.15) is 18.3 Å². The van der Waals surface area contributed by atoms with Gasteiger partial charge < -0.3 is 14.0 Å². The van der Waals surface area contributed by atoms with Crippen LogP contribution in [-0.2, 0) is 20.1 Å². The Hall–Kier alpha value is -2.05. The predicted molar refractivity (Wildman–Crippen MR) is 95.8 cm³/mol. The smallest absolute Gasteiger partial charge is 0.161 e. The molecule has 6 heteroatoms. The summed E-state index contributed by atoms with van der Waals surface area (Å²) in [4.78, 5) is 9.49. The first-order valence-electron chi connectivity index (χ1n) is 9.00. The Labute approximate surface area is 149 Å². The minimum atomic E-state index is 0.516. The summed E-state index contributed by atoms with van der Waals surface area (Å²) in [7, 11) is 2.06. The van der Waals surface area contributed by atoms with Gasteiger partial charge in [-0.15, -0.1) is 0 Å². The Balaban J connectivity index is 1.35. The lowest BCUT2D eigenvalue weighted by Crippen LogP contribution is -2.51. The zero-order valence-electron chi connectivity index (χ0n) is 15.0. The Morgan fingerprint density at radius 2 is 1.96 bits per heavy atom. The summed E-state index contributed by atoms with van der Waals surface area (Å²) in [5, 5.41) is 0. The topological polar surface area (TPSA) is 42.8 Å². The van der Waals surface area contributed by atoms with Gasteiger partial charge in [-0.1, -0.05) is 6.07 Å². The quantitative estimate of drug-likeness (QED) is 0.849. The molecule has 0 aliphatic carbocycles. The van der Waals surface area contributed by atoms with Crippen molar-refractivity contribution in [1.82, 2.24) is 19.4 Å². The van der Waals surface area contributed by atoms with Gasteiger partial charge in [0.15, 0.2) is 11.5 Å². The fourth-order valence-electron chi connectivity index (χ4n) is 3.62. The molecule has 0 bridgehead atoms. The molecule has 0 radical (unpaired) electrons. The SMILES string of the molecule is C[C@H]1CN(Cc2ccc3c(c2)OCCO3)CCN1Cc1nccn1C. The van der Waals surface area contributed by atoms with Crippen LogP contribution in [0.2, 0.25) is 0 Å². The van der Waals surface area contributed by atoms with Crippen molar-refractivity contribution in [3.05, 3.63) is 42.0 Å². The molecule has 0 unspecified atom stereocenters. The van der Waals surface area contributed by atoms with Crippen LogP contribution in [0.4, 0.5) is 0 Å². The van der Waals surface area contributed by atoms with Crippen molar-refractivity contribution in [3.8, 4) is 11.5 Å². The molecule has 6 nitrogen and oxygen atoms in total. The van der Waals surface area contributed by atoms with Crippen LogP contribution in [0.15, 0.2) is 30.6 Å². The molecule has 25 heavy (non-hydrogen) atoms. The van der Waals surface area contributed by atoms with Crippen LogP contribution in [0.5, 0.6) is 11.5 Å². The molecule has 0 N–H and O–H groups in total. The molecule has 0 spiro atoms. The van der Waals surface area contributed by atoms with Gasteiger partial charge in [0.25, 0.3) is 0 Å². The van der Waals surface area contributed by atoms with Gasteiger partial charge in [0.05, 0.1) is 6.54 Å². The first-order valence-corrected chi connectivity index (χ1v) is 9.00. The molecule has 4 rings (SSSR count). The van der Waals surface area contributed by atoms with Crippen LogP contribution >= 0.6 is 0 Å². The monoisotopic (exact) mass is 342 g/mol. The van der Waals surface area contributed by atoms with Gasteiger partial charge in [-0.25, -0.2) is 4.98 Å². The van der Waals surface area contributed by atoms with E-state index in [1.807, 2.05) is 18.5 Å². The Kier molecular flexibility index (Phi) is 4.63. The number of aryl methyl sites for hydroxylation is 1. The van der Waals surface area contributed by atoms with E-state index in [1.54, 1.807) is 0 Å². The van der Waals surface area contributed by atoms with E-state index < -0.39 is 0 Å². The van der Waals surface area contributed by atoms with E-state index in [0.29, 0.717) is 19.3 Å². The lowest BCUT2D eigenvalue weighted by Gasteiger charge is -2.39. The number of benzene rings is 1. The van der Waals surface area contributed by atoms with Crippen LogP contribution in [0.3, 0.4) is 0 Å². The summed E-state index contributed by atoms with van der Waals surface area (Å²) in [6, 6.07) is 6.82. The van der Waals surface area contributed by atoms with Crippen LogP contribution in [0, 0.1) is 0 Å². The van der Waals surface area contributed by atoms with E-state index in [4.69, 9.17) is 9.47 Å².